The highest BCUT2D eigenvalue weighted by Gasteiger charge is 2.12. The maximum atomic E-state index is 12.3. The second-order valence-corrected chi connectivity index (χ2v) is 5.43. The number of carbonyl (C=O) groups is 1. The summed E-state index contributed by atoms with van der Waals surface area (Å²) >= 11 is 4.86. The molecule has 0 unspecified atom stereocenters. The monoisotopic (exact) mass is 313 g/mol. The number of rotatable bonds is 4. The molecule has 0 saturated heterocycles. The van der Waals surface area contributed by atoms with Gasteiger partial charge in [0.15, 0.2) is 5.11 Å². The Bertz CT molecular complexity index is 699. The van der Waals surface area contributed by atoms with Gasteiger partial charge in [-0.15, -0.1) is 0 Å². The van der Waals surface area contributed by atoms with Gasteiger partial charge in [-0.1, -0.05) is 25.1 Å². The average Bonchev–Trinajstić information content (AvgIpc) is 2.49. The quantitative estimate of drug-likeness (QED) is 0.756. The number of hydrogen-bond acceptors (Lipinski definition) is 2. The summed E-state index contributed by atoms with van der Waals surface area (Å²) < 4.78 is 0. The van der Waals surface area contributed by atoms with Crippen molar-refractivity contribution in [2.24, 2.45) is 5.73 Å². The molecular weight excluding hydrogens is 294 g/mol. The van der Waals surface area contributed by atoms with Gasteiger partial charge in [0.05, 0.1) is 0 Å². The molecule has 0 aliphatic carbocycles. The molecule has 2 aromatic rings. The largest absolute Gasteiger partial charge is 0.376 e. The van der Waals surface area contributed by atoms with E-state index in [0.717, 1.165) is 28.9 Å². The molecule has 2 aromatic carbocycles. The summed E-state index contributed by atoms with van der Waals surface area (Å²) in [5.74, 6) is -0.117. The lowest BCUT2D eigenvalue weighted by Gasteiger charge is -2.16. The molecule has 0 saturated carbocycles. The minimum Gasteiger partial charge on any atom is -0.376 e. The summed E-state index contributed by atoms with van der Waals surface area (Å²) in [6, 6.07) is 13.0. The second kappa shape index (κ2) is 7.04. The van der Waals surface area contributed by atoms with E-state index in [2.05, 4.69) is 10.6 Å². The van der Waals surface area contributed by atoms with Gasteiger partial charge in [-0.2, -0.15) is 0 Å². The number of nitrogens with two attached hydrogens (primary N) is 1. The Morgan fingerprint density at radius 2 is 1.86 bits per heavy atom. The van der Waals surface area contributed by atoms with E-state index >= 15 is 0 Å². The van der Waals surface area contributed by atoms with E-state index in [0.29, 0.717) is 5.56 Å². The number of aryl methyl sites for hydroxylation is 2. The van der Waals surface area contributed by atoms with Gasteiger partial charge < -0.3 is 16.4 Å². The molecule has 0 aliphatic rings. The molecule has 0 bridgehead atoms. The first-order valence-electron chi connectivity index (χ1n) is 7.07. The molecule has 0 aromatic heterocycles. The smallest absolute Gasteiger partial charge is 0.255 e. The van der Waals surface area contributed by atoms with Crippen molar-refractivity contribution in [3.63, 3.8) is 0 Å². The molecule has 0 aliphatic heterocycles. The first kappa shape index (κ1) is 16.0. The van der Waals surface area contributed by atoms with Crippen molar-refractivity contribution < 1.29 is 4.79 Å². The van der Waals surface area contributed by atoms with Crippen LogP contribution in [-0.4, -0.2) is 11.0 Å². The van der Waals surface area contributed by atoms with E-state index < -0.39 is 0 Å². The van der Waals surface area contributed by atoms with Crippen LogP contribution in [0.15, 0.2) is 42.5 Å². The molecule has 0 radical (unpaired) electrons. The van der Waals surface area contributed by atoms with Gasteiger partial charge in [-0.25, -0.2) is 0 Å². The minimum atomic E-state index is -0.117. The Labute approximate surface area is 135 Å². The molecule has 4 nitrogen and oxygen atoms in total. The fourth-order valence-electron chi connectivity index (χ4n) is 2.31. The van der Waals surface area contributed by atoms with Crippen LogP contribution in [0.3, 0.4) is 0 Å². The van der Waals surface area contributed by atoms with Crippen LogP contribution in [0, 0.1) is 6.92 Å². The van der Waals surface area contributed by atoms with Crippen molar-refractivity contribution in [2.45, 2.75) is 20.3 Å². The van der Waals surface area contributed by atoms with Crippen molar-refractivity contribution in [3.05, 3.63) is 59.2 Å². The lowest BCUT2D eigenvalue weighted by molar-refractivity contribution is 0.102. The highest BCUT2D eigenvalue weighted by atomic mass is 32.1. The van der Waals surface area contributed by atoms with Gasteiger partial charge >= 0.3 is 0 Å². The first-order chi connectivity index (χ1) is 10.5. The third kappa shape index (κ3) is 3.83. The number of amides is 1. The van der Waals surface area contributed by atoms with E-state index in [-0.39, 0.29) is 11.0 Å². The van der Waals surface area contributed by atoms with E-state index in [9.17, 15) is 4.79 Å². The van der Waals surface area contributed by atoms with E-state index in [1.165, 1.54) is 0 Å². The zero-order valence-corrected chi connectivity index (χ0v) is 13.5. The molecule has 0 atom stereocenters. The van der Waals surface area contributed by atoms with Gasteiger partial charge in [0.1, 0.15) is 0 Å². The van der Waals surface area contributed by atoms with E-state index in [4.69, 9.17) is 18.0 Å². The van der Waals surface area contributed by atoms with Crippen LogP contribution < -0.4 is 16.4 Å². The summed E-state index contributed by atoms with van der Waals surface area (Å²) in [5.41, 5.74) is 9.81. The Morgan fingerprint density at radius 3 is 2.45 bits per heavy atom. The highest BCUT2D eigenvalue weighted by Crippen LogP contribution is 2.26. The van der Waals surface area contributed by atoms with Crippen molar-refractivity contribution in [1.29, 1.82) is 0 Å². The molecule has 0 fully saturated rings. The van der Waals surface area contributed by atoms with Gasteiger partial charge in [0.2, 0.25) is 0 Å². The first-order valence-corrected chi connectivity index (χ1v) is 7.48. The van der Waals surface area contributed by atoms with Gasteiger partial charge in [-0.05, 0) is 61.0 Å². The van der Waals surface area contributed by atoms with Crippen molar-refractivity contribution >= 4 is 34.6 Å². The molecule has 1 amide bonds. The lowest BCUT2D eigenvalue weighted by atomic mass is 10.0. The average molecular weight is 313 g/mol. The second-order valence-electron chi connectivity index (χ2n) is 4.99. The molecule has 114 valence electrons. The number of thiocarbonyl (C=S) groups is 1. The SMILES string of the molecule is CCc1cc(NC(N)=S)cc(C)c1NC(=O)c1ccccc1. The van der Waals surface area contributed by atoms with Crippen LogP contribution in [0.1, 0.15) is 28.4 Å². The lowest BCUT2D eigenvalue weighted by Crippen LogP contribution is -2.19. The topological polar surface area (TPSA) is 67.2 Å². The summed E-state index contributed by atoms with van der Waals surface area (Å²) in [4.78, 5) is 12.3. The number of carbonyl (C=O) groups excluding carboxylic acids is 1. The fourth-order valence-corrected chi connectivity index (χ4v) is 2.43. The number of nitrogens with one attached hydrogen (secondary N) is 2. The minimum absolute atomic E-state index is 0.117. The van der Waals surface area contributed by atoms with E-state index in [1.54, 1.807) is 12.1 Å². The van der Waals surface area contributed by atoms with Gasteiger partial charge in [0.25, 0.3) is 5.91 Å². The summed E-state index contributed by atoms with van der Waals surface area (Å²) in [7, 11) is 0. The highest BCUT2D eigenvalue weighted by molar-refractivity contribution is 7.80. The number of benzene rings is 2. The predicted octanol–water partition coefficient (Wildman–Crippen LogP) is 3.47. The molecule has 4 N–H and O–H groups in total. The van der Waals surface area contributed by atoms with Crippen LogP contribution >= 0.6 is 12.2 Å². The Morgan fingerprint density at radius 1 is 1.18 bits per heavy atom. The maximum absolute atomic E-state index is 12.3. The van der Waals surface area contributed by atoms with Gasteiger partial charge in [-0.3, -0.25) is 4.79 Å². The summed E-state index contributed by atoms with van der Waals surface area (Å²) in [6.45, 7) is 3.99. The third-order valence-corrected chi connectivity index (χ3v) is 3.44. The third-order valence-electron chi connectivity index (χ3n) is 3.34. The molecule has 5 heteroatoms. The fraction of sp³-hybridized carbons (Fsp3) is 0.176. The Hall–Kier alpha value is -2.40. The standard InChI is InChI=1S/C17H19N3OS/c1-3-12-10-14(19-17(18)22)9-11(2)15(12)20-16(21)13-7-5-4-6-8-13/h4-10H,3H2,1-2H3,(H,20,21)(H3,18,19,22). The maximum Gasteiger partial charge on any atom is 0.255 e. The summed E-state index contributed by atoms with van der Waals surface area (Å²) in [6.07, 6.45) is 0.790. The van der Waals surface area contributed by atoms with E-state index in [1.807, 2.05) is 44.2 Å². The van der Waals surface area contributed by atoms with Crippen LogP contribution in [-0.2, 0) is 6.42 Å². The van der Waals surface area contributed by atoms with Crippen LogP contribution in [0.25, 0.3) is 0 Å². The van der Waals surface area contributed by atoms with Crippen molar-refractivity contribution in [3.8, 4) is 0 Å². The van der Waals surface area contributed by atoms with Gasteiger partial charge in [0, 0.05) is 16.9 Å². The zero-order valence-electron chi connectivity index (χ0n) is 12.6. The van der Waals surface area contributed by atoms with Crippen LogP contribution in [0.2, 0.25) is 0 Å². The predicted molar refractivity (Wildman–Crippen MR) is 95.4 cm³/mol. The molecular formula is C17H19N3OS. The molecule has 2 rings (SSSR count). The molecule has 22 heavy (non-hydrogen) atoms. The molecule has 0 spiro atoms. The summed E-state index contributed by atoms with van der Waals surface area (Å²) in [5, 5.41) is 6.15. The zero-order chi connectivity index (χ0) is 16.1. The number of hydrogen-bond donors (Lipinski definition) is 3. The van der Waals surface area contributed by atoms with Crippen molar-refractivity contribution in [2.75, 3.05) is 10.6 Å². The Kier molecular flexibility index (Phi) is 5.12. The van der Waals surface area contributed by atoms with Crippen LogP contribution in [0.5, 0.6) is 0 Å². The number of anilines is 2. The van der Waals surface area contributed by atoms with Crippen molar-refractivity contribution in [1.82, 2.24) is 0 Å². The van der Waals surface area contributed by atoms with Crippen LogP contribution in [0.4, 0.5) is 11.4 Å². The normalized spacial score (nSPS) is 10.1. The Balaban J connectivity index is 2.30. The molecule has 0 heterocycles.